The highest BCUT2D eigenvalue weighted by Crippen LogP contribution is 2.10. The van der Waals surface area contributed by atoms with Crippen molar-refractivity contribution in [1.82, 2.24) is 10.6 Å². The number of halogens is 1. The van der Waals surface area contributed by atoms with Gasteiger partial charge in [0, 0.05) is 19.7 Å². The van der Waals surface area contributed by atoms with E-state index in [0.29, 0.717) is 19.1 Å². The van der Waals surface area contributed by atoms with Gasteiger partial charge in [-0.05, 0) is 50.7 Å². The minimum atomic E-state index is 0. The van der Waals surface area contributed by atoms with E-state index in [0.717, 1.165) is 38.3 Å². The van der Waals surface area contributed by atoms with Crippen LogP contribution in [0.25, 0.3) is 0 Å². The zero-order chi connectivity index (χ0) is 19.2. The third-order valence-corrected chi connectivity index (χ3v) is 4.16. The van der Waals surface area contributed by atoms with Crippen LogP contribution in [0.4, 0.5) is 0 Å². The molecule has 5 nitrogen and oxygen atoms in total. The summed E-state index contributed by atoms with van der Waals surface area (Å²) in [6, 6.07) is 8.42. The predicted octanol–water partition coefficient (Wildman–Crippen LogP) is 4.08. The smallest absolute Gasteiger partial charge is 0.191 e. The lowest BCUT2D eigenvalue weighted by Crippen LogP contribution is -2.40. The SMILES string of the molecule is CCCC(CCO)CNC(=NCc1ccc(COC(C)C)cc1)NCC.I. The largest absolute Gasteiger partial charge is 0.396 e. The Hall–Kier alpha value is -0.860. The predicted molar refractivity (Wildman–Crippen MR) is 125 cm³/mol. The summed E-state index contributed by atoms with van der Waals surface area (Å²) in [5.41, 5.74) is 2.36. The van der Waals surface area contributed by atoms with Gasteiger partial charge in [0.25, 0.3) is 0 Å². The Morgan fingerprint density at radius 2 is 1.74 bits per heavy atom. The first-order chi connectivity index (χ1) is 12.6. The summed E-state index contributed by atoms with van der Waals surface area (Å²) in [4.78, 5) is 4.68. The van der Waals surface area contributed by atoms with Crippen molar-refractivity contribution in [3.63, 3.8) is 0 Å². The van der Waals surface area contributed by atoms with Gasteiger partial charge >= 0.3 is 0 Å². The molecule has 0 bridgehead atoms. The summed E-state index contributed by atoms with van der Waals surface area (Å²) < 4.78 is 5.63. The van der Waals surface area contributed by atoms with Gasteiger partial charge in [-0.1, -0.05) is 37.6 Å². The Kier molecular flexibility index (Phi) is 15.6. The molecule has 0 aliphatic heterocycles. The van der Waals surface area contributed by atoms with Crippen LogP contribution in [-0.4, -0.2) is 36.9 Å². The zero-order valence-corrected chi connectivity index (χ0v) is 19.7. The first-order valence-corrected chi connectivity index (χ1v) is 9.91. The summed E-state index contributed by atoms with van der Waals surface area (Å²) in [5.74, 6) is 1.31. The molecule has 0 radical (unpaired) electrons. The second-order valence-corrected chi connectivity index (χ2v) is 6.92. The molecule has 0 heterocycles. The number of rotatable bonds is 12. The summed E-state index contributed by atoms with van der Waals surface area (Å²) >= 11 is 0. The summed E-state index contributed by atoms with van der Waals surface area (Å²) in [5, 5.41) is 15.9. The van der Waals surface area contributed by atoms with Crippen molar-refractivity contribution in [2.24, 2.45) is 10.9 Å². The second kappa shape index (κ2) is 16.1. The molecule has 27 heavy (non-hydrogen) atoms. The highest BCUT2D eigenvalue weighted by Gasteiger charge is 2.08. The molecule has 3 N–H and O–H groups in total. The molecular weight excluding hydrogens is 453 g/mol. The van der Waals surface area contributed by atoms with Crippen LogP contribution < -0.4 is 10.6 Å². The van der Waals surface area contributed by atoms with Gasteiger partial charge < -0.3 is 20.5 Å². The molecule has 1 rings (SSSR count). The standard InChI is InChI=1S/C21H37N3O2.HI/c1-5-7-18(12-13-25)14-23-21(22-6-2)24-15-19-8-10-20(11-9-19)16-26-17(3)4;/h8-11,17-18,25H,5-7,12-16H2,1-4H3,(H2,22,23,24);1H. The van der Waals surface area contributed by atoms with Gasteiger partial charge in [-0.25, -0.2) is 4.99 Å². The van der Waals surface area contributed by atoms with E-state index < -0.39 is 0 Å². The number of ether oxygens (including phenoxy) is 1. The Balaban J connectivity index is 0.00000676. The molecule has 0 amide bonds. The Morgan fingerprint density at radius 1 is 1.07 bits per heavy atom. The number of nitrogens with zero attached hydrogens (tertiary/aromatic N) is 1. The maximum absolute atomic E-state index is 9.19. The number of hydrogen-bond acceptors (Lipinski definition) is 3. The molecule has 0 fully saturated rings. The van der Waals surface area contributed by atoms with Gasteiger partial charge in [0.2, 0.25) is 0 Å². The average molecular weight is 491 g/mol. The quantitative estimate of drug-likeness (QED) is 0.234. The van der Waals surface area contributed by atoms with Gasteiger partial charge in [-0.15, -0.1) is 24.0 Å². The van der Waals surface area contributed by atoms with Crippen molar-refractivity contribution in [3.8, 4) is 0 Å². The van der Waals surface area contributed by atoms with Gasteiger partial charge in [0.1, 0.15) is 0 Å². The van der Waals surface area contributed by atoms with Crippen molar-refractivity contribution in [2.75, 3.05) is 19.7 Å². The van der Waals surface area contributed by atoms with Crippen molar-refractivity contribution in [2.45, 2.75) is 66.2 Å². The van der Waals surface area contributed by atoms with Crippen molar-refractivity contribution < 1.29 is 9.84 Å². The number of aliphatic hydroxyl groups is 1. The number of aliphatic imine (C=N–C) groups is 1. The molecule has 0 aliphatic carbocycles. The Bertz CT molecular complexity index is 501. The van der Waals surface area contributed by atoms with Gasteiger partial charge in [0.15, 0.2) is 5.96 Å². The Morgan fingerprint density at radius 3 is 2.30 bits per heavy atom. The molecule has 6 heteroatoms. The van der Waals surface area contributed by atoms with Crippen molar-refractivity contribution >= 4 is 29.9 Å². The van der Waals surface area contributed by atoms with E-state index in [1.165, 1.54) is 11.1 Å². The summed E-state index contributed by atoms with van der Waals surface area (Å²) in [6.07, 6.45) is 3.33. The highest BCUT2D eigenvalue weighted by atomic mass is 127. The highest BCUT2D eigenvalue weighted by molar-refractivity contribution is 14.0. The molecule has 0 saturated carbocycles. The minimum absolute atomic E-state index is 0. The first-order valence-electron chi connectivity index (χ1n) is 9.91. The van der Waals surface area contributed by atoms with Crippen LogP contribution in [0, 0.1) is 5.92 Å². The fourth-order valence-electron chi connectivity index (χ4n) is 2.70. The van der Waals surface area contributed by atoms with E-state index in [1.54, 1.807) is 0 Å². The molecule has 1 aromatic rings. The zero-order valence-electron chi connectivity index (χ0n) is 17.3. The topological polar surface area (TPSA) is 65.9 Å². The van der Waals surface area contributed by atoms with E-state index in [-0.39, 0.29) is 36.7 Å². The average Bonchev–Trinajstić information content (AvgIpc) is 2.63. The van der Waals surface area contributed by atoms with E-state index in [1.807, 2.05) is 13.8 Å². The van der Waals surface area contributed by atoms with Crippen molar-refractivity contribution in [3.05, 3.63) is 35.4 Å². The van der Waals surface area contributed by atoms with E-state index in [2.05, 4.69) is 53.7 Å². The lowest BCUT2D eigenvalue weighted by Gasteiger charge is -2.18. The van der Waals surface area contributed by atoms with Crippen LogP contribution in [-0.2, 0) is 17.9 Å². The molecular formula is C21H38IN3O2. The maximum atomic E-state index is 9.19. The van der Waals surface area contributed by atoms with Crippen LogP contribution in [0.5, 0.6) is 0 Å². The number of guanidine groups is 1. The van der Waals surface area contributed by atoms with E-state index >= 15 is 0 Å². The first kappa shape index (κ1) is 26.1. The van der Waals surface area contributed by atoms with Gasteiger partial charge in [-0.2, -0.15) is 0 Å². The van der Waals surface area contributed by atoms with Gasteiger partial charge in [-0.3, -0.25) is 0 Å². The number of benzene rings is 1. The third-order valence-electron chi connectivity index (χ3n) is 4.16. The molecule has 1 aromatic carbocycles. The number of hydrogen-bond donors (Lipinski definition) is 3. The minimum Gasteiger partial charge on any atom is -0.396 e. The fraction of sp³-hybridized carbons (Fsp3) is 0.667. The Labute approximate surface area is 182 Å². The maximum Gasteiger partial charge on any atom is 0.191 e. The summed E-state index contributed by atoms with van der Waals surface area (Å²) in [7, 11) is 0. The molecule has 0 aliphatic rings. The molecule has 156 valence electrons. The molecule has 1 atom stereocenters. The van der Waals surface area contributed by atoms with Crippen LogP contribution >= 0.6 is 24.0 Å². The molecule has 1 unspecified atom stereocenters. The fourth-order valence-corrected chi connectivity index (χ4v) is 2.70. The number of nitrogens with one attached hydrogen (secondary N) is 2. The molecule has 0 aromatic heterocycles. The van der Waals surface area contributed by atoms with E-state index in [4.69, 9.17) is 4.74 Å². The van der Waals surface area contributed by atoms with Gasteiger partial charge in [0.05, 0.1) is 19.3 Å². The van der Waals surface area contributed by atoms with Crippen LogP contribution in [0.3, 0.4) is 0 Å². The monoisotopic (exact) mass is 491 g/mol. The normalized spacial score (nSPS) is 12.6. The van der Waals surface area contributed by atoms with Crippen LogP contribution in [0.15, 0.2) is 29.3 Å². The third kappa shape index (κ3) is 12.3. The lowest BCUT2D eigenvalue weighted by atomic mass is 10.0. The lowest BCUT2D eigenvalue weighted by molar-refractivity contribution is 0.0657. The van der Waals surface area contributed by atoms with Crippen LogP contribution in [0.2, 0.25) is 0 Å². The second-order valence-electron chi connectivity index (χ2n) is 6.92. The van der Waals surface area contributed by atoms with E-state index in [9.17, 15) is 5.11 Å². The van der Waals surface area contributed by atoms with Crippen LogP contribution in [0.1, 0.15) is 58.1 Å². The van der Waals surface area contributed by atoms with Crippen molar-refractivity contribution in [1.29, 1.82) is 0 Å². The number of aliphatic hydroxyl groups excluding tert-OH is 1. The molecule has 0 spiro atoms. The molecule has 0 saturated heterocycles. The summed E-state index contributed by atoms with van der Waals surface area (Å²) in [6.45, 7) is 11.5.